The highest BCUT2D eigenvalue weighted by atomic mass is 16.5. The van der Waals surface area contributed by atoms with Crippen LogP contribution >= 0.6 is 0 Å². The fourth-order valence-electron chi connectivity index (χ4n) is 3.98. The molecule has 1 aliphatic rings. The first-order valence-electron chi connectivity index (χ1n) is 9.63. The van der Waals surface area contributed by atoms with Crippen molar-refractivity contribution in [3.63, 3.8) is 0 Å². The van der Waals surface area contributed by atoms with Gasteiger partial charge in [0.25, 0.3) is 0 Å². The van der Waals surface area contributed by atoms with Crippen molar-refractivity contribution in [2.24, 2.45) is 0 Å². The summed E-state index contributed by atoms with van der Waals surface area (Å²) in [7, 11) is 1.31. The zero-order chi connectivity index (χ0) is 20.5. The molecule has 2 aromatic carbocycles. The van der Waals surface area contributed by atoms with Gasteiger partial charge in [0.05, 0.1) is 19.1 Å². The van der Waals surface area contributed by atoms with E-state index in [0.29, 0.717) is 17.9 Å². The van der Waals surface area contributed by atoms with Crippen molar-refractivity contribution in [3.8, 4) is 5.75 Å². The first-order chi connectivity index (χ1) is 14.0. The van der Waals surface area contributed by atoms with E-state index in [-0.39, 0.29) is 6.42 Å². The molecule has 0 radical (unpaired) electrons. The standard InChI is InChI=1S/C23H23NO5/c1-14-18-9-17-12-24(11-16-7-5-4-6-8-16)13-28-21(17)15(2)22(18)29-23(26)19(14)10-20(25)27-3/h4-9H,10-13H2,1-3H3/p+1. The average Bonchev–Trinajstić information content (AvgIpc) is 2.72. The van der Waals surface area contributed by atoms with Gasteiger partial charge in [0, 0.05) is 22.1 Å². The van der Waals surface area contributed by atoms with Crippen molar-refractivity contribution in [3.05, 3.63) is 74.6 Å². The number of benzene rings is 2. The minimum atomic E-state index is -0.504. The van der Waals surface area contributed by atoms with Gasteiger partial charge in [-0.15, -0.1) is 0 Å². The van der Waals surface area contributed by atoms with Crippen molar-refractivity contribution in [1.29, 1.82) is 0 Å². The Morgan fingerprint density at radius 2 is 1.93 bits per heavy atom. The van der Waals surface area contributed by atoms with E-state index >= 15 is 0 Å². The number of aryl methyl sites for hydroxylation is 2. The molecule has 1 atom stereocenters. The quantitative estimate of drug-likeness (QED) is 0.542. The SMILES string of the molecule is COC(=O)Cc1c(C)c2cc3c(c(C)c2oc1=O)OC[NH+](Cc1ccccc1)C3. The van der Waals surface area contributed by atoms with Gasteiger partial charge in [-0.25, -0.2) is 4.79 Å². The molecule has 29 heavy (non-hydrogen) atoms. The van der Waals surface area contributed by atoms with Gasteiger partial charge in [0.2, 0.25) is 6.73 Å². The third-order valence-electron chi connectivity index (χ3n) is 5.54. The van der Waals surface area contributed by atoms with E-state index < -0.39 is 11.6 Å². The van der Waals surface area contributed by atoms with E-state index in [1.165, 1.54) is 17.6 Å². The summed E-state index contributed by atoms with van der Waals surface area (Å²) in [5.41, 5.74) is 4.27. The van der Waals surface area contributed by atoms with Gasteiger partial charge < -0.3 is 13.9 Å². The summed E-state index contributed by atoms with van der Waals surface area (Å²) >= 11 is 0. The van der Waals surface area contributed by atoms with Crippen molar-refractivity contribution in [2.75, 3.05) is 13.8 Å². The van der Waals surface area contributed by atoms with Crippen LogP contribution < -0.4 is 15.3 Å². The predicted molar refractivity (Wildman–Crippen MR) is 108 cm³/mol. The lowest BCUT2D eigenvalue weighted by Crippen LogP contribution is -3.10. The summed E-state index contributed by atoms with van der Waals surface area (Å²) in [6.07, 6.45) is -0.0986. The Bertz CT molecular complexity index is 1130. The van der Waals surface area contributed by atoms with Crippen LogP contribution in [0.2, 0.25) is 0 Å². The monoisotopic (exact) mass is 394 g/mol. The normalized spacial score (nSPS) is 15.6. The Morgan fingerprint density at radius 3 is 2.66 bits per heavy atom. The van der Waals surface area contributed by atoms with E-state index in [9.17, 15) is 9.59 Å². The molecule has 3 aromatic rings. The van der Waals surface area contributed by atoms with E-state index in [0.717, 1.165) is 40.9 Å². The minimum absolute atomic E-state index is 0.0986. The average molecular weight is 394 g/mol. The maximum atomic E-state index is 12.5. The number of carbonyl (C=O) groups excluding carboxylic acids is 1. The number of quaternary nitrogens is 1. The zero-order valence-corrected chi connectivity index (χ0v) is 16.8. The summed E-state index contributed by atoms with van der Waals surface area (Å²) in [4.78, 5) is 25.5. The summed E-state index contributed by atoms with van der Waals surface area (Å²) in [5, 5.41) is 0.837. The molecule has 0 fully saturated rings. The van der Waals surface area contributed by atoms with Crippen LogP contribution in [0.3, 0.4) is 0 Å². The van der Waals surface area contributed by atoms with Crippen LogP contribution in [0.25, 0.3) is 11.0 Å². The molecule has 6 nitrogen and oxygen atoms in total. The molecule has 0 aliphatic carbocycles. The van der Waals surface area contributed by atoms with Crippen molar-refractivity contribution < 1.29 is 23.6 Å². The third kappa shape index (κ3) is 3.63. The predicted octanol–water partition coefficient (Wildman–Crippen LogP) is 2.06. The molecule has 0 spiro atoms. The van der Waals surface area contributed by atoms with E-state index in [1.807, 2.05) is 38.1 Å². The number of esters is 1. The van der Waals surface area contributed by atoms with Crippen LogP contribution in [0, 0.1) is 13.8 Å². The topological polar surface area (TPSA) is 70.2 Å². The highest BCUT2D eigenvalue weighted by Crippen LogP contribution is 2.34. The lowest BCUT2D eigenvalue weighted by Gasteiger charge is -2.28. The molecule has 4 rings (SSSR count). The van der Waals surface area contributed by atoms with Gasteiger partial charge in [-0.05, 0) is 25.5 Å². The number of rotatable bonds is 4. The molecule has 150 valence electrons. The van der Waals surface area contributed by atoms with Crippen LogP contribution in [0.4, 0.5) is 0 Å². The van der Waals surface area contributed by atoms with E-state index in [4.69, 9.17) is 13.9 Å². The van der Waals surface area contributed by atoms with Gasteiger partial charge in [-0.1, -0.05) is 30.3 Å². The number of nitrogens with one attached hydrogen (secondary N) is 1. The Hall–Kier alpha value is -3.12. The molecule has 1 aromatic heterocycles. The second-order valence-corrected chi connectivity index (χ2v) is 7.49. The molecule has 2 heterocycles. The largest absolute Gasteiger partial charge is 0.469 e. The maximum absolute atomic E-state index is 12.5. The van der Waals surface area contributed by atoms with E-state index in [2.05, 4.69) is 12.1 Å². The van der Waals surface area contributed by atoms with E-state index in [1.54, 1.807) is 0 Å². The summed E-state index contributed by atoms with van der Waals surface area (Å²) in [6.45, 7) is 5.99. The Balaban J connectivity index is 1.74. The smallest absolute Gasteiger partial charge is 0.340 e. The summed E-state index contributed by atoms with van der Waals surface area (Å²) in [5.74, 6) is 0.328. The lowest BCUT2D eigenvalue weighted by atomic mass is 9.97. The van der Waals surface area contributed by atoms with Crippen molar-refractivity contribution in [2.45, 2.75) is 33.4 Å². The molecule has 6 heteroatoms. The van der Waals surface area contributed by atoms with Crippen molar-refractivity contribution in [1.82, 2.24) is 0 Å². The maximum Gasteiger partial charge on any atom is 0.340 e. The first kappa shape index (κ1) is 19.2. The third-order valence-corrected chi connectivity index (χ3v) is 5.54. The lowest BCUT2D eigenvalue weighted by molar-refractivity contribution is -0.945. The van der Waals surface area contributed by atoms with Gasteiger partial charge in [-0.3, -0.25) is 9.69 Å². The number of ether oxygens (including phenoxy) is 2. The Labute approximate surface area is 168 Å². The number of hydrogen-bond acceptors (Lipinski definition) is 5. The highest BCUT2D eigenvalue weighted by molar-refractivity contribution is 5.88. The molecule has 0 saturated carbocycles. The number of hydrogen-bond donors (Lipinski definition) is 1. The van der Waals surface area contributed by atoms with Gasteiger partial charge in [0.1, 0.15) is 24.4 Å². The number of carbonyl (C=O) groups is 1. The van der Waals surface area contributed by atoms with Crippen molar-refractivity contribution >= 4 is 16.9 Å². The Kier molecular flexibility index (Phi) is 5.11. The summed E-state index contributed by atoms with van der Waals surface area (Å²) in [6, 6.07) is 12.4. The molecule has 0 amide bonds. The zero-order valence-electron chi connectivity index (χ0n) is 16.8. The second-order valence-electron chi connectivity index (χ2n) is 7.49. The fraction of sp³-hybridized carbons (Fsp3) is 0.304. The molecule has 1 N–H and O–H groups in total. The highest BCUT2D eigenvalue weighted by Gasteiger charge is 2.26. The molecule has 1 aliphatic heterocycles. The van der Waals surface area contributed by atoms with Crippen LogP contribution in [-0.4, -0.2) is 19.8 Å². The molecule has 1 unspecified atom stereocenters. The number of methoxy groups -OCH3 is 1. The van der Waals surface area contributed by atoms with Gasteiger partial charge >= 0.3 is 11.6 Å². The fourth-order valence-corrected chi connectivity index (χ4v) is 3.98. The molecule has 0 bridgehead atoms. The minimum Gasteiger partial charge on any atom is -0.469 e. The van der Waals surface area contributed by atoms with Crippen LogP contribution in [-0.2, 0) is 29.0 Å². The second kappa shape index (κ2) is 7.72. The van der Waals surface area contributed by atoms with Gasteiger partial charge in [-0.2, -0.15) is 0 Å². The first-order valence-corrected chi connectivity index (χ1v) is 9.63. The molecular formula is C23H24NO5+. The van der Waals surface area contributed by atoms with Crippen LogP contribution in [0.1, 0.15) is 27.8 Å². The van der Waals surface area contributed by atoms with Crippen LogP contribution in [0.5, 0.6) is 5.75 Å². The molecular weight excluding hydrogens is 370 g/mol. The van der Waals surface area contributed by atoms with Crippen LogP contribution in [0.15, 0.2) is 45.6 Å². The number of fused-ring (bicyclic) bond motifs is 2. The van der Waals surface area contributed by atoms with Gasteiger partial charge in [0.15, 0.2) is 0 Å². The Morgan fingerprint density at radius 1 is 1.17 bits per heavy atom. The molecule has 0 saturated heterocycles. The summed E-state index contributed by atoms with van der Waals surface area (Å²) < 4.78 is 16.4.